The van der Waals surface area contributed by atoms with Crippen LogP contribution in [0.2, 0.25) is 0 Å². The van der Waals surface area contributed by atoms with Crippen LogP contribution in [0.3, 0.4) is 0 Å². The number of aryl methyl sites for hydroxylation is 2. The molecule has 1 aromatic heterocycles. The first-order valence-electron chi connectivity index (χ1n) is 6.75. The smallest absolute Gasteiger partial charge is 0.126 e. The first-order valence-corrected chi connectivity index (χ1v) is 6.75. The Morgan fingerprint density at radius 3 is 2.71 bits per heavy atom. The number of benzene rings is 2. The molecule has 0 fully saturated rings. The molecular formula is C16H17FN4. The molecule has 1 atom stereocenters. The fourth-order valence-electron chi connectivity index (χ4n) is 2.64. The molecule has 0 radical (unpaired) electrons. The SMILES string of the molecule is Cc1cc(C(NN)c2nn(C)c3ccccc23)ccc1F. The van der Waals surface area contributed by atoms with E-state index in [9.17, 15) is 4.39 Å². The molecule has 0 bridgehead atoms. The third kappa shape index (κ3) is 2.30. The summed E-state index contributed by atoms with van der Waals surface area (Å²) in [5.74, 6) is 5.51. The summed E-state index contributed by atoms with van der Waals surface area (Å²) in [7, 11) is 1.90. The molecule has 4 nitrogen and oxygen atoms in total. The monoisotopic (exact) mass is 284 g/mol. The van der Waals surface area contributed by atoms with Crippen LogP contribution >= 0.6 is 0 Å². The first kappa shape index (κ1) is 13.7. The number of para-hydroxylation sites is 1. The number of nitrogens with two attached hydrogens (primary N) is 1. The summed E-state index contributed by atoms with van der Waals surface area (Å²) in [6.45, 7) is 1.74. The highest BCUT2D eigenvalue weighted by molar-refractivity contribution is 5.82. The van der Waals surface area contributed by atoms with Gasteiger partial charge < -0.3 is 0 Å². The lowest BCUT2D eigenvalue weighted by atomic mass is 9.99. The van der Waals surface area contributed by atoms with Crippen LogP contribution in [0.25, 0.3) is 10.9 Å². The van der Waals surface area contributed by atoms with Gasteiger partial charge in [0.05, 0.1) is 17.3 Å². The van der Waals surface area contributed by atoms with Crippen LogP contribution in [0.1, 0.15) is 22.9 Å². The molecule has 0 saturated carbocycles. The van der Waals surface area contributed by atoms with Crippen molar-refractivity contribution in [3.63, 3.8) is 0 Å². The Morgan fingerprint density at radius 1 is 1.24 bits per heavy atom. The van der Waals surface area contributed by atoms with Crippen LogP contribution in [-0.4, -0.2) is 9.78 Å². The number of rotatable bonds is 3. The Labute approximate surface area is 122 Å². The standard InChI is InChI=1S/C16H17FN4/c1-10-9-11(7-8-13(10)17)15(19-18)16-12-5-3-4-6-14(12)21(2)20-16/h3-9,15,19H,18H2,1-2H3. The van der Waals surface area contributed by atoms with E-state index in [4.69, 9.17) is 5.84 Å². The van der Waals surface area contributed by atoms with E-state index in [0.29, 0.717) is 5.56 Å². The number of hydrogen-bond donors (Lipinski definition) is 2. The zero-order valence-corrected chi connectivity index (χ0v) is 12.0. The van der Waals surface area contributed by atoms with Gasteiger partial charge in [-0.1, -0.05) is 30.3 Å². The van der Waals surface area contributed by atoms with Crippen LogP contribution in [0.15, 0.2) is 42.5 Å². The van der Waals surface area contributed by atoms with Crippen molar-refractivity contribution >= 4 is 10.9 Å². The lowest BCUT2D eigenvalue weighted by Gasteiger charge is -2.15. The first-order chi connectivity index (χ1) is 10.1. The molecule has 0 spiro atoms. The molecule has 0 aliphatic heterocycles. The number of aromatic nitrogens is 2. The van der Waals surface area contributed by atoms with Gasteiger partial charge in [-0.25, -0.2) is 9.82 Å². The lowest BCUT2D eigenvalue weighted by Crippen LogP contribution is -2.29. The number of halogens is 1. The highest BCUT2D eigenvalue weighted by Gasteiger charge is 2.20. The highest BCUT2D eigenvalue weighted by atomic mass is 19.1. The molecule has 108 valence electrons. The summed E-state index contributed by atoms with van der Waals surface area (Å²) in [5.41, 5.74) is 6.14. The van der Waals surface area contributed by atoms with Crippen LogP contribution in [0.4, 0.5) is 4.39 Å². The predicted molar refractivity (Wildman–Crippen MR) is 81.0 cm³/mol. The van der Waals surface area contributed by atoms with Crippen molar-refractivity contribution in [3.8, 4) is 0 Å². The van der Waals surface area contributed by atoms with E-state index in [1.165, 1.54) is 6.07 Å². The van der Waals surface area contributed by atoms with Crippen LogP contribution in [0.5, 0.6) is 0 Å². The average molecular weight is 284 g/mol. The van der Waals surface area contributed by atoms with Crippen molar-refractivity contribution in [2.24, 2.45) is 12.9 Å². The number of fused-ring (bicyclic) bond motifs is 1. The number of hydrogen-bond acceptors (Lipinski definition) is 3. The summed E-state index contributed by atoms with van der Waals surface area (Å²) in [5, 5.41) is 5.60. The summed E-state index contributed by atoms with van der Waals surface area (Å²) >= 11 is 0. The van der Waals surface area contributed by atoms with Crippen molar-refractivity contribution in [1.29, 1.82) is 0 Å². The quantitative estimate of drug-likeness (QED) is 0.574. The zero-order chi connectivity index (χ0) is 15.0. The van der Waals surface area contributed by atoms with E-state index < -0.39 is 0 Å². The molecule has 0 aliphatic carbocycles. The van der Waals surface area contributed by atoms with E-state index in [1.807, 2.05) is 36.0 Å². The normalized spacial score (nSPS) is 12.8. The largest absolute Gasteiger partial charge is 0.271 e. The van der Waals surface area contributed by atoms with Gasteiger partial charge in [0.2, 0.25) is 0 Å². The number of hydrazine groups is 1. The Hall–Kier alpha value is -2.24. The lowest BCUT2D eigenvalue weighted by molar-refractivity contribution is 0.596. The summed E-state index contributed by atoms with van der Waals surface area (Å²) < 4.78 is 15.3. The second kappa shape index (κ2) is 5.27. The highest BCUT2D eigenvalue weighted by Crippen LogP contribution is 2.28. The van der Waals surface area contributed by atoms with E-state index in [0.717, 1.165) is 22.2 Å². The summed E-state index contributed by atoms with van der Waals surface area (Å²) in [6.07, 6.45) is 0. The molecule has 1 heterocycles. The van der Waals surface area contributed by atoms with Crippen molar-refractivity contribution in [2.45, 2.75) is 13.0 Å². The van der Waals surface area contributed by atoms with Gasteiger partial charge in [-0.05, 0) is 30.2 Å². The summed E-state index contributed by atoms with van der Waals surface area (Å²) in [4.78, 5) is 0. The van der Waals surface area contributed by atoms with Gasteiger partial charge in [-0.2, -0.15) is 5.10 Å². The molecular weight excluding hydrogens is 267 g/mol. The van der Waals surface area contributed by atoms with Crippen molar-refractivity contribution in [1.82, 2.24) is 15.2 Å². The minimum atomic E-state index is -0.282. The van der Waals surface area contributed by atoms with Crippen molar-refractivity contribution in [2.75, 3.05) is 0 Å². The Morgan fingerprint density at radius 2 is 2.00 bits per heavy atom. The van der Waals surface area contributed by atoms with Crippen LogP contribution < -0.4 is 11.3 Å². The Kier molecular flexibility index (Phi) is 3.45. The Bertz CT molecular complexity index is 794. The van der Waals surface area contributed by atoms with Gasteiger partial charge in [0.1, 0.15) is 5.82 Å². The molecule has 1 unspecified atom stereocenters. The maximum Gasteiger partial charge on any atom is 0.126 e. The molecule has 3 N–H and O–H groups in total. The number of nitrogens with one attached hydrogen (secondary N) is 1. The fourth-order valence-corrected chi connectivity index (χ4v) is 2.64. The second-order valence-corrected chi connectivity index (χ2v) is 5.13. The van der Waals surface area contributed by atoms with Crippen molar-refractivity contribution < 1.29 is 4.39 Å². The fraction of sp³-hybridized carbons (Fsp3) is 0.188. The summed E-state index contributed by atoms with van der Waals surface area (Å²) in [6, 6.07) is 12.7. The van der Waals surface area contributed by atoms with Gasteiger partial charge in [0.15, 0.2) is 0 Å². The van der Waals surface area contributed by atoms with E-state index in [-0.39, 0.29) is 11.9 Å². The third-order valence-electron chi connectivity index (χ3n) is 3.74. The predicted octanol–water partition coefficient (Wildman–Crippen LogP) is 2.57. The molecule has 2 aromatic carbocycles. The van der Waals surface area contributed by atoms with Crippen LogP contribution in [-0.2, 0) is 7.05 Å². The second-order valence-electron chi connectivity index (χ2n) is 5.13. The van der Waals surface area contributed by atoms with Gasteiger partial charge in [0.25, 0.3) is 0 Å². The molecule has 0 aliphatic rings. The molecule has 5 heteroatoms. The Balaban J connectivity index is 2.16. The van der Waals surface area contributed by atoms with E-state index >= 15 is 0 Å². The molecule has 3 aromatic rings. The van der Waals surface area contributed by atoms with E-state index in [2.05, 4.69) is 10.5 Å². The maximum atomic E-state index is 13.5. The van der Waals surface area contributed by atoms with Crippen LogP contribution in [0, 0.1) is 12.7 Å². The molecule has 21 heavy (non-hydrogen) atoms. The van der Waals surface area contributed by atoms with Gasteiger partial charge in [-0.3, -0.25) is 10.5 Å². The zero-order valence-electron chi connectivity index (χ0n) is 12.0. The van der Waals surface area contributed by atoms with Crippen molar-refractivity contribution in [3.05, 3.63) is 65.1 Å². The van der Waals surface area contributed by atoms with Gasteiger partial charge in [0, 0.05) is 12.4 Å². The topological polar surface area (TPSA) is 55.9 Å². The minimum absolute atomic E-state index is 0.222. The van der Waals surface area contributed by atoms with E-state index in [1.54, 1.807) is 19.1 Å². The average Bonchev–Trinajstić information content (AvgIpc) is 2.82. The number of nitrogens with zero attached hydrogens (tertiary/aromatic N) is 2. The molecule has 0 saturated heterocycles. The molecule has 0 amide bonds. The minimum Gasteiger partial charge on any atom is -0.271 e. The maximum absolute atomic E-state index is 13.5. The van der Waals surface area contributed by atoms with Gasteiger partial charge >= 0.3 is 0 Å². The van der Waals surface area contributed by atoms with Gasteiger partial charge in [-0.15, -0.1) is 0 Å². The third-order valence-corrected chi connectivity index (χ3v) is 3.74. The molecule has 3 rings (SSSR count).